The number of amides is 1. The molecule has 1 aromatic carbocycles. The Balaban J connectivity index is 1.45. The van der Waals surface area contributed by atoms with Crippen molar-refractivity contribution in [3.63, 3.8) is 0 Å². The number of likely N-dealkylation sites (tertiary alicyclic amines) is 1. The molecule has 174 valence electrons. The monoisotopic (exact) mass is 448 g/mol. The molecule has 1 aliphatic heterocycles. The van der Waals surface area contributed by atoms with Crippen molar-refractivity contribution >= 4 is 5.91 Å². The molecule has 2 aromatic heterocycles. The fourth-order valence-electron chi connectivity index (χ4n) is 4.36. The summed E-state index contributed by atoms with van der Waals surface area (Å²) in [6.45, 7) is 7.09. The maximum atomic E-state index is 12.8. The molecule has 8 heteroatoms. The average Bonchev–Trinajstić information content (AvgIpc) is 3.30. The molecule has 33 heavy (non-hydrogen) atoms. The first-order chi connectivity index (χ1) is 16.1. The molecule has 1 N–H and O–H groups in total. The van der Waals surface area contributed by atoms with E-state index >= 15 is 0 Å². The number of aromatic nitrogens is 4. The van der Waals surface area contributed by atoms with Crippen molar-refractivity contribution in [2.24, 2.45) is 0 Å². The average molecular weight is 449 g/mol. The molecule has 0 bridgehead atoms. The molecule has 1 fully saturated rings. The second-order valence-electron chi connectivity index (χ2n) is 8.37. The van der Waals surface area contributed by atoms with Crippen LogP contribution in [-0.4, -0.2) is 44.0 Å². The van der Waals surface area contributed by atoms with E-state index in [0.29, 0.717) is 17.8 Å². The van der Waals surface area contributed by atoms with E-state index in [1.807, 2.05) is 43.6 Å². The van der Waals surface area contributed by atoms with Crippen LogP contribution in [0.15, 0.2) is 42.9 Å². The van der Waals surface area contributed by atoms with Gasteiger partial charge in [-0.25, -0.2) is 15.0 Å². The van der Waals surface area contributed by atoms with Gasteiger partial charge in [-0.05, 0) is 50.9 Å². The van der Waals surface area contributed by atoms with Crippen molar-refractivity contribution in [1.29, 1.82) is 0 Å². The van der Waals surface area contributed by atoms with Crippen LogP contribution in [0.4, 0.5) is 0 Å². The summed E-state index contributed by atoms with van der Waals surface area (Å²) in [6.07, 6.45) is 8.86. The topological polar surface area (TPSA) is 85.2 Å². The first kappa shape index (κ1) is 22.9. The summed E-state index contributed by atoms with van der Waals surface area (Å²) in [7, 11) is 1.63. The molecule has 3 heterocycles. The van der Waals surface area contributed by atoms with E-state index in [4.69, 9.17) is 9.72 Å². The van der Waals surface area contributed by atoms with Gasteiger partial charge in [0.15, 0.2) is 0 Å². The summed E-state index contributed by atoms with van der Waals surface area (Å²) in [5.74, 6) is 2.44. The molecule has 8 nitrogen and oxygen atoms in total. The Morgan fingerprint density at radius 3 is 2.94 bits per heavy atom. The van der Waals surface area contributed by atoms with Crippen LogP contribution in [0.3, 0.4) is 0 Å². The fourth-order valence-corrected chi connectivity index (χ4v) is 4.36. The highest BCUT2D eigenvalue weighted by molar-refractivity contribution is 5.94. The fraction of sp³-hybridized carbons (Fsp3) is 0.440. The van der Waals surface area contributed by atoms with Gasteiger partial charge < -0.3 is 14.6 Å². The Kier molecular flexibility index (Phi) is 7.34. The third-order valence-electron chi connectivity index (χ3n) is 6.23. The van der Waals surface area contributed by atoms with E-state index < -0.39 is 0 Å². The van der Waals surface area contributed by atoms with Crippen molar-refractivity contribution in [3.05, 3.63) is 71.3 Å². The van der Waals surface area contributed by atoms with Gasteiger partial charge in [0.2, 0.25) is 0 Å². The van der Waals surface area contributed by atoms with Gasteiger partial charge in [0.25, 0.3) is 5.91 Å². The molecular weight excluding hydrogens is 416 g/mol. The van der Waals surface area contributed by atoms with Crippen molar-refractivity contribution in [1.82, 2.24) is 29.7 Å². The number of rotatable bonds is 8. The number of methoxy groups -OCH3 is 1. The minimum absolute atomic E-state index is 0.133. The number of hydrogen-bond acceptors (Lipinski definition) is 6. The van der Waals surface area contributed by atoms with Crippen molar-refractivity contribution in [2.45, 2.75) is 58.8 Å². The third-order valence-corrected chi connectivity index (χ3v) is 6.23. The van der Waals surface area contributed by atoms with Crippen molar-refractivity contribution in [3.8, 4) is 5.75 Å². The predicted octanol–water partition coefficient (Wildman–Crippen LogP) is 3.67. The lowest BCUT2D eigenvalue weighted by atomic mass is 10.0. The number of imidazole rings is 1. The van der Waals surface area contributed by atoms with E-state index in [0.717, 1.165) is 61.9 Å². The standard InChI is InChI=1S/C25H32N6O2/c1-4-30-13-11-26-23(30)17-31-12-6-5-10-22(31)24-27-16-21(18(2)29-24)25(32)28-15-19-8-7-9-20(14-19)33-3/h7-9,11,13-14,16,22H,4-6,10,12,15,17H2,1-3H3,(H,28,32). The molecule has 1 amide bonds. The molecule has 3 aromatic rings. The first-order valence-electron chi connectivity index (χ1n) is 11.6. The Morgan fingerprint density at radius 1 is 1.27 bits per heavy atom. The lowest BCUT2D eigenvalue weighted by Gasteiger charge is -2.34. The van der Waals surface area contributed by atoms with Gasteiger partial charge in [-0.3, -0.25) is 9.69 Å². The quantitative estimate of drug-likeness (QED) is 0.566. The van der Waals surface area contributed by atoms with Gasteiger partial charge in [-0.1, -0.05) is 18.6 Å². The second-order valence-corrected chi connectivity index (χ2v) is 8.37. The van der Waals surface area contributed by atoms with E-state index in [1.54, 1.807) is 13.3 Å². The number of carbonyl (C=O) groups excluding carboxylic acids is 1. The molecule has 1 unspecified atom stereocenters. The third kappa shape index (κ3) is 5.39. The molecule has 1 aliphatic rings. The Morgan fingerprint density at radius 2 is 2.15 bits per heavy atom. The summed E-state index contributed by atoms with van der Waals surface area (Å²) in [5.41, 5.74) is 2.18. The number of aryl methyl sites for hydroxylation is 2. The van der Waals surface area contributed by atoms with Crippen LogP contribution in [-0.2, 0) is 19.6 Å². The Hall–Kier alpha value is -3.26. The number of benzene rings is 1. The predicted molar refractivity (Wildman–Crippen MR) is 126 cm³/mol. The summed E-state index contributed by atoms with van der Waals surface area (Å²) >= 11 is 0. The normalized spacial score (nSPS) is 16.5. The van der Waals surface area contributed by atoms with Gasteiger partial charge in [0.05, 0.1) is 31.0 Å². The highest BCUT2D eigenvalue weighted by Gasteiger charge is 2.28. The molecule has 0 aliphatic carbocycles. The van der Waals surface area contributed by atoms with Gasteiger partial charge in [0.1, 0.15) is 17.4 Å². The zero-order valence-electron chi connectivity index (χ0n) is 19.6. The van der Waals surface area contributed by atoms with E-state index in [2.05, 4.69) is 31.7 Å². The van der Waals surface area contributed by atoms with Crippen LogP contribution in [0.25, 0.3) is 0 Å². The van der Waals surface area contributed by atoms with Gasteiger partial charge in [-0.15, -0.1) is 0 Å². The van der Waals surface area contributed by atoms with Crippen LogP contribution in [0.5, 0.6) is 5.75 Å². The van der Waals surface area contributed by atoms with Crippen molar-refractivity contribution in [2.75, 3.05) is 13.7 Å². The molecule has 0 spiro atoms. The SMILES string of the molecule is CCn1ccnc1CN1CCCCC1c1ncc(C(=O)NCc2cccc(OC)c2)c(C)n1. The second kappa shape index (κ2) is 10.6. The van der Waals surface area contributed by atoms with Crippen LogP contribution in [0.2, 0.25) is 0 Å². The zero-order valence-corrected chi connectivity index (χ0v) is 19.6. The van der Waals surface area contributed by atoms with Crippen molar-refractivity contribution < 1.29 is 9.53 Å². The van der Waals surface area contributed by atoms with Crippen LogP contribution >= 0.6 is 0 Å². The molecule has 4 rings (SSSR count). The van der Waals surface area contributed by atoms with Gasteiger partial charge >= 0.3 is 0 Å². The van der Waals surface area contributed by atoms with E-state index in [1.165, 1.54) is 0 Å². The largest absolute Gasteiger partial charge is 0.497 e. The summed E-state index contributed by atoms with van der Waals surface area (Å²) < 4.78 is 7.42. The number of hydrogen-bond donors (Lipinski definition) is 1. The molecular formula is C25H32N6O2. The summed E-state index contributed by atoms with van der Waals surface area (Å²) in [5, 5.41) is 2.96. The van der Waals surface area contributed by atoms with Crippen LogP contribution in [0.1, 0.15) is 65.5 Å². The Labute approximate surface area is 195 Å². The maximum absolute atomic E-state index is 12.8. The number of piperidine rings is 1. The van der Waals surface area contributed by atoms with Crippen LogP contribution in [0, 0.1) is 6.92 Å². The summed E-state index contributed by atoms with van der Waals surface area (Å²) in [4.78, 5) is 29.1. The lowest BCUT2D eigenvalue weighted by molar-refractivity contribution is 0.0948. The highest BCUT2D eigenvalue weighted by Crippen LogP contribution is 2.30. The van der Waals surface area contributed by atoms with E-state index in [-0.39, 0.29) is 11.9 Å². The summed E-state index contributed by atoms with van der Waals surface area (Å²) in [6, 6.07) is 7.79. The van der Waals surface area contributed by atoms with Gasteiger partial charge in [-0.2, -0.15) is 0 Å². The smallest absolute Gasteiger partial charge is 0.254 e. The number of carbonyl (C=O) groups is 1. The molecule has 0 saturated carbocycles. The number of nitrogens with one attached hydrogen (secondary N) is 1. The van der Waals surface area contributed by atoms with E-state index in [9.17, 15) is 4.79 Å². The highest BCUT2D eigenvalue weighted by atomic mass is 16.5. The first-order valence-corrected chi connectivity index (χ1v) is 11.6. The molecule has 0 radical (unpaired) electrons. The van der Waals surface area contributed by atoms with Crippen LogP contribution < -0.4 is 10.1 Å². The molecule has 1 atom stereocenters. The van der Waals surface area contributed by atoms with Gasteiger partial charge in [0, 0.05) is 31.7 Å². The minimum Gasteiger partial charge on any atom is -0.497 e. The molecule has 1 saturated heterocycles. The minimum atomic E-state index is -0.174. The zero-order chi connectivity index (χ0) is 23.2. The lowest BCUT2D eigenvalue weighted by Crippen LogP contribution is -2.35. The number of nitrogens with zero attached hydrogens (tertiary/aromatic N) is 5. The maximum Gasteiger partial charge on any atom is 0.254 e. The Bertz CT molecular complexity index is 1100. The number of ether oxygens (including phenoxy) is 1.